The van der Waals surface area contributed by atoms with Gasteiger partial charge in [-0.1, -0.05) is 6.07 Å². The molecule has 26 heavy (non-hydrogen) atoms. The van der Waals surface area contributed by atoms with Gasteiger partial charge in [0, 0.05) is 18.3 Å². The van der Waals surface area contributed by atoms with Crippen LogP contribution in [0.15, 0.2) is 48.7 Å². The maximum atomic E-state index is 11.9. The molecule has 0 radical (unpaired) electrons. The fraction of sp³-hybridized carbons (Fsp3) is 0.316. The minimum absolute atomic E-state index is 0.0960. The van der Waals surface area contributed by atoms with Gasteiger partial charge in [0.15, 0.2) is 6.61 Å². The highest BCUT2D eigenvalue weighted by atomic mass is 16.5. The molecule has 7 heteroatoms. The van der Waals surface area contributed by atoms with E-state index in [1.807, 2.05) is 12.1 Å². The van der Waals surface area contributed by atoms with Crippen molar-refractivity contribution in [1.29, 1.82) is 0 Å². The van der Waals surface area contributed by atoms with Crippen LogP contribution in [-0.4, -0.2) is 34.6 Å². The minimum atomic E-state index is -0.800. The number of carboxylic acid groups (broad SMARTS) is 1. The van der Waals surface area contributed by atoms with Crippen molar-refractivity contribution in [2.45, 2.75) is 25.3 Å². The van der Waals surface area contributed by atoms with Crippen molar-refractivity contribution in [2.75, 3.05) is 6.61 Å². The maximum absolute atomic E-state index is 11.9. The third-order valence-corrected chi connectivity index (χ3v) is 4.20. The summed E-state index contributed by atoms with van der Waals surface area (Å²) in [5, 5.41) is 11.8. The highest BCUT2D eigenvalue weighted by Crippen LogP contribution is 2.25. The first kappa shape index (κ1) is 17.7. The summed E-state index contributed by atoms with van der Waals surface area (Å²) in [6.07, 6.45) is 3.40. The van der Waals surface area contributed by atoms with Crippen LogP contribution >= 0.6 is 0 Å². The molecule has 7 nitrogen and oxygen atoms in total. The molecule has 1 aromatic carbocycles. The molecule has 1 saturated carbocycles. The highest BCUT2D eigenvalue weighted by Gasteiger charge is 2.30. The Balaban J connectivity index is 1.43. The van der Waals surface area contributed by atoms with Crippen molar-refractivity contribution in [2.24, 2.45) is 5.92 Å². The Morgan fingerprint density at radius 1 is 1.12 bits per heavy atom. The Morgan fingerprint density at radius 3 is 2.54 bits per heavy atom. The third-order valence-electron chi connectivity index (χ3n) is 4.20. The predicted octanol–water partition coefficient (Wildman–Crippen LogP) is 2.62. The van der Waals surface area contributed by atoms with Crippen LogP contribution < -0.4 is 14.8 Å². The lowest BCUT2D eigenvalue weighted by atomic mass is 10.1. The van der Waals surface area contributed by atoms with Crippen molar-refractivity contribution < 1.29 is 24.2 Å². The van der Waals surface area contributed by atoms with E-state index in [9.17, 15) is 9.59 Å². The van der Waals surface area contributed by atoms with Crippen LogP contribution in [0.3, 0.4) is 0 Å². The third kappa shape index (κ3) is 4.95. The Hall–Kier alpha value is -3.09. The number of benzene rings is 1. The number of nitrogens with one attached hydrogen (secondary N) is 1. The van der Waals surface area contributed by atoms with E-state index >= 15 is 0 Å². The van der Waals surface area contributed by atoms with Crippen LogP contribution in [0.2, 0.25) is 0 Å². The summed E-state index contributed by atoms with van der Waals surface area (Å²) in [5.41, 5.74) is 0. The van der Waals surface area contributed by atoms with E-state index in [0.29, 0.717) is 36.6 Å². The van der Waals surface area contributed by atoms with Crippen LogP contribution in [-0.2, 0) is 9.59 Å². The maximum Gasteiger partial charge on any atom is 0.306 e. The lowest BCUT2D eigenvalue weighted by molar-refractivity contribution is -0.141. The summed E-state index contributed by atoms with van der Waals surface area (Å²) in [5.74, 6) is 0.236. The van der Waals surface area contributed by atoms with E-state index < -0.39 is 5.97 Å². The molecule has 1 aliphatic rings. The molecule has 2 atom stereocenters. The van der Waals surface area contributed by atoms with Gasteiger partial charge in [-0.15, -0.1) is 0 Å². The second kappa shape index (κ2) is 8.33. The summed E-state index contributed by atoms with van der Waals surface area (Å²) in [6, 6.07) is 12.2. The number of carbonyl (C=O) groups excluding carboxylic acids is 1. The number of rotatable bonds is 7. The minimum Gasteiger partial charge on any atom is -0.484 e. The van der Waals surface area contributed by atoms with Gasteiger partial charge in [0.1, 0.15) is 11.5 Å². The monoisotopic (exact) mass is 356 g/mol. The number of amides is 1. The molecule has 1 fully saturated rings. The SMILES string of the molecule is O=C(COc1ccc(Oc2ccccn2)cc1)N[C@@H]1CC[C@H](C(=O)O)C1. The van der Waals surface area contributed by atoms with Crippen LogP contribution in [0.25, 0.3) is 0 Å². The van der Waals surface area contributed by atoms with Crippen molar-refractivity contribution in [3.8, 4) is 17.4 Å². The zero-order valence-corrected chi connectivity index (χ0v) is 14.1. The second-order valence-electron chi connectivity index (χ2n) is 6.14. The fourth-order valence-corrected chi connectivity index (χ4v) is 2.89. The van der Waals surface area contributed by atoms with Gasteiger partial charge in [-0.25, -0.2) is 4.98 Å². The van der Waals surface area contributed by atoms with Crippen LogP contribution in [0.5, 0.6) is 17.4 Å². The summed E-state index contributed by atoms with van der Waals surface area (Å²) >= 11 is 0. The molecule has 0 spiro atoms. The summed E-state index contributed by atoms with van der Waals surface area (Å²) in [4.78, 5) is 27.0. The number of carboxylic acids is 1. The van der Waals surface area contributed by atoms with E-state index in [0.717, 1.165) is 0 Å². The number of nitrogens with zero attached hydrogens (tertiary/aromatic N) is 1. The number of hydrogen-bond acceptors (Lipinski definition) is 5. The number of carbonyl (C=O) groups is 2. The largest absolute Gasteiger partial charge is 0.484 e. The van der Waals surface area contributed by atoms with Crippen molar-refractivity contribution in [3.63, 3.8) is 0 Å². The Bertz CT molecular complexity index is 748. The molecule has 1 amide bonds. The molecule has 0 unspecified atom stereocenters. The summed E-state index contributed by atoms with van der Waals surface area (Å²) in [6.45, 7) is -0.116. The van der Waals surface area contributed by atoms with Crippen LogP contribution in [0, 0.1) is 5.92 Å². The predicted molar refractivity (Wildman–Crippen MR) is 93.2 cm³/mol. The summed E-state index contributed by atoms with van der Waals surface area (Å²) in [7, 11) is 0. The zero-order chi connectivity index (χ0) is 18.4. The lowest BCUT2D eigenvalue weighted by Gasteiger charge is -2.13. The van der Waals surface area contributed by atoms with E-state index in [1.165, 1.54) is 0 Å². The molecule has 0 bridgehead atoms. The van der Waals surface area contributed by atoms with Gasteiger partial charge in [-0.2, -0.15) is 0 Å². The summed E-state index contributed by atoms with van der Waals surface area (Å²) < 4.78 is 11.0. The smallest absolute Gasteiger partial charge is 0.306 e. The van der Waals surface area contributed by atoms with Crippen LogP contribution in [0.1, 0.15) is 19.3 Å². The molecule has 1 heterocycles. The molecule has 2 N–H and O–H groups in total. The number of aliphatic carboxylic acids is 1. The van der Waals surface area contributed by atoms with Crippen LogP contribution in [0.4, 0.5) is 0 Å². The van der Waals surface area contributed by atoms with Gasteiger partial charge in [-0.3, -0.25) is 9.59 Å². The average molecular weight is 356 g/mol. The second-order valence-corrected chi connectivity index (χ2v) is 6.14. The van der Waals surface area contributed by atoms with Gasteiger partial charge < -0.3 is 19.9 Å². The van der Waals surface area contributed by atoms with Gasteiger partial charge in [0.2, 0.25) is 5.88 Å². The zero-order valence-electron chi connectivity index (χ0n) is 14.1. The first-order valence-corrected chi connectivity index (χ1v) is 8.44. The molecule has 2 aromatic rings. The van der Waals surface area contributed by atoms with Gasteiger partial charge >= 0.3 is 5.97 Å². The molecular formula is C19H20N2O5. The molecule has 1 aliphatic carbocycles. The Kier molecular flexibility index (Phi) is 5.68. The highest BCUT2D eigenvalue weighted by molar-refractivity contribution is 5.78. The van der Waals surface area contributed by atoms with Gasteiger partial charge in [-0.05, 0) is 49.6 Å². The van der Waals surface area contributed by atoms with E-state index in [1.54, 1.807) is 36.5 Å². The molecule has 1 aromatic heterocycles. The number of ether oxygens (including phenoxy) is 2. The van der Waals surface area contributed by atoms with E-state index in [4.69, 9.17) is 14.6 Å². The average Bonchev–Trinajstić information content (AvgIpc) is 3.11. The Morgan fingerprint density at radius 2 is 1.88 bits per heavy atom. The topological polar surface area (TPSA) is 97.8 Å². The van der Waals surface area contributed by atoms with Gasteiger partial charge in [0.25, 0.3) is 5.91 Å². The van der Waals surface area contributed by atoms with Gasteiger partial charge in [0.05, 0.1) is 5.92 Å². The Labute approximate surface area is 151 Å². The normalized spacial score (nSPS) is 18.9. The first-order valence-electron chi connectivity index (χ1n) is 8.44. The molecule has 3 rings (SSSR count). The van der Waals surface area contributed by atoms with Crippen molar-refractivity contribution in [1.82, 2.24) is 10.3 Å². The van der Waals surface area contributed by atoms with Crippen molar-refractivity contribution >= 4 is 11.9 Å². The fourth-order valence-electron chi connectivity index (χ4n) is 2.89. The molecule has 136 valence electrons. The first-order chi connectivity index (χ1) is 12.6. The van der Waals surface area contributed by atoms with E-state index in [2.05, 4.69) is 10.3 Å². The quantitative estimate of drug-likeness (QED) is 0.791. The molecule has 0 aliphatic heterocycles. The standard InChI is InChI=1S/C19H20N2O5/c22-17(21-14-5-4-13(11-14)19(23)24)12-25-15-6-8-16(9-7-15)26-18-3-1-2-10-20-18/h1-3,6-10,13-14H,4-5,11-12H2,(H,21,22)(H,23,24)/t13-,14+/m0/s1. The number of hydrogen-bond donors (Lipinski definition) is 2. The molecular weight excluding hydrogens is 336 g/mol. The lowest BCUT2D eigenvalue weighted by Crippen LogP contribution is -2.36. The molecule has 0 saturated heterocycles. The number of pyridine rings is 1. The van der Waals surface area contributed by atoms with E-state index in [-0.39, 0.29) is 24.5 Å². The van der Waals surface area contributed by atoms with Crippen molar-refractivity contribution in [3.05, 3.63) is 48.7 Å². The number of aromatic nitrogens is 1.